The molecule has 0 aromatic heterocycles. The monoisotopic (exact) mass is 387 g/mol. The maximum absolute atomic E-state index is 13.0. The molecule has 1 aliphatic heterocycles. The number of alkyl halides is 3. The Balaban J connectivity index is 2.17. The highest BCUT2D eigenvalue weighted by molar-refractivity contribution is 5.80. The molecule has 1 aliphatic rings. The highest BCUT2D eigenvalue weighted by atomic mass is 19.4. The molecule has 27 heavy (non-hydrogen) atoms. The Morgan fingerprint density at radius 2 is 2.11 bits per heavy atom. The molecule has 1 unspecified atom stereocenters. The first-order chi connectivity index (χ1) is 12.7. The van der Waals surface area contributed by atoms with Gasteiger partial charge in [0.15, 0.2) is 5.96 Å². The molecule has 2 rings (SSSR count). The van der Waals surface area contributed by atoms with Crippen LogP contribution in [0.25, 0.3) is 0 Å². The van der Waals surface area contributed by atoms with Crippen LogP contribution in [0.4, 0.5) is 13.2 Å². The number of ether oxygens (including phenoxy) is 2. The lowest BCUT2D eigenvalue weighted by atomic mass is 10.0. The summed E-state index contributed by atoms with van der Waals surface area (Å²) in [6.07, 6.45) is -4.81. The smallest absolute Gasteiger partial charge is 0.377 e. The van der Waals surface area contributed by atoms with E-state index in [2.05, 4.69) is 10.3 Å². The lowest BCUT2D eigenvalue weighted by Gasteiger charge is -2.36. The molecule has 1 aromatic carbocycles. The first-order valence-corrected chi connectivity index (χ1v) is 9.03. The topological polar surface area (TPSA) is 46.1 Å². The van der Waals surface area contributed by atoms with Crippen molar-refractivity contribution in [1.82, 2.24) is 10.2 Å². The van der Waals surface area contributed by atoms with Crippen molar-refractivity contribution in [2.75, 3.05) is 39.9 Å². The standard InChI is InChI=1S/C19H28F3N3O2/c1-5-23-17(24-13-18(2,3)26-4)25-9-10-27-16(12-25)14-7-6-8-15(11-14)19(20,21)22/h6-8,11,16H,5,9-10,12-13H2,1-4H3,(H,23,24). The SMILES string of the molecule is CCNC(=NCC(C)(C)OC)N1CCOC(c2cccc(C(F)(F)F)c2)C1. The summed E-state index contributed by atoms with van der Waals surface area (Å²) in [6, 6.07) is 5.32. The van der Waals surface area contributed by atoms with Crippen LogP contribution < -0.4 is 5.32 Å². The fraction of sp³-hybridized carbons (Fsp3) is 0.632. The Morgan fingerprint density at radius 3 is 2.74 bits per heavy atom. The van der Waals surface area contributed by atoms with Gasteiger partial charge in [0, 0.05) is 20.2 Å². The number of rotatable bonds is 5. The molecule has 1 saturated heterocycles. The number of hydrogen-bond donors (Lipinski definition) is 1. The molecule has 0 spiro atoms. The molecule has 1 fully saturated rings. The number of methoxy groups -OCH3 is 1. The third-order valence-electron chi connectivity index (χ3n) is 4.45. The van der Waals surface area contributed by atoms with Crippen molar-refractivity contribution in [2.45, 2.75) is 38.7 Å². The normalized spacial score (nSPS) is 19.3. The van der Waals surface area contributed by atoms with E-state index >= 15 is 0 Å². The van der Waals surface area contributed by atoms with Crippen molar-refractivity contribution in [3.05, 3.63) is 35.4 Å². The van der Waals surface area contributed by atoms with Crippen molar-refractivity contribution in [2.24, 2.45) is 4.99 Å². The number of aliphatic imine (C=N–C) groups is 1. The summed E-state index contributed by atoms with van der Waals surface area (Å²) < 4.78 is 50.1. The van der Waals surface area contributed by atoms with Crippen LogP contribution in [0.15, 0.2) is 29.3 Å². The van der Waals surface area contributed by atoms with Gasteiger partial charge in [-0.15, -0.1) is 0 Å². The zero-order valence-electron chi connectivity index (χ0n) is 16.3. The quantitative estimate of drug-likeness (QED) is 0.621. The molecule has 0 saturated carbocycles. The second-order valence-electron chi connectivity index (χ2n) is 7.06. The summed E-state index contributed by atoms with van der Waals surface area (Å²) >= 11 is 0. The van der Waals surface area contributed by atoms with Gasteiger partial charge in [-0.25, -0.2) is 0 Å². The Morgan fingerprint density at radius 1 is 1.37 bits per heavy atom. The van der Waals surface area contributed by atoms with Crippen LogP contribution >= 0.6 is 0 Å². The summed E-state index contributed by atoms with van der Waals surface area (Å²) in [5.41, 5.74) is -0.543. The molecule has 8 heteroatoms. The van der Waals surface area contributed by atoms with E-state index in [-0.39, 0.29) is 0 Å². The van der Waals surface area contributed by atoms with Crippen molar-refractivity contribution in [3.8, 4) is 0 Å². The molecule has 0 aliphatic carbocycles. The molecule has 152 valence electrons. The number of hydrogen-bond acceptors (Lipinski definition) is 3. The van der Waals surface area contributed by atoms with Crippen LogP contribution in [-0.2, 0) is 15.7 Å². The third kappa shape index (κ3) is 6.10. The highest BCUT2D eigenvalue weighted by Crippen LogP contribution is 2.32. The van der Waals surface area contributed by atoms with E-state index in [0.29, 0.717) is 44.3 Å². The van der Waals surface area contributed by atoms with Gasteiger partial charge in [0.2, 0.25) is 0 Å². The Labute approximate surface area is 158 Å². The number of nitrogens with zero attached hydrogens (tertiary/aromatic N) is 2. The van der Waals surface area contributed by atoms with Gasteiger partial charge in [0.25, 0.3) is 0 Å². The Kier molecular flexibility index (Phi) is 7.11. The minimum absolute atomic E-state index is 0.395. The summed E-state index contributed by atoms with van der Waals surface area (Å²) in [7, 11) is 1.64. The third-order valence-corrected chi connectivity index (χ3v) is 4.45. The fourth-order valence-electron chi connectivity index (χ4n) is 2.71. The fourth-order valence-corrected chi connectivity index (χ4v) is 2.71. The molecule has 1 N–H and O–H groups in total. The average Bonchev–Trinajstić information content (AvgIpc) is 2.64. The van der Waals surface area contributed by atoms with Crippen molar-refractivity contribution in [3.63, 3.8) is 0 Å². The van der Waals surface area contributed by atoms with Crippen LogP contribution in [0, 0.1) is 0 Å². The van der Waals surface area contributed by atoms with Crippen LogP contribution in [0.1, 0.15) is 38.0 Å². The minimum Gasteiger partial charge on any atom is -0.377 e. The average molecular weight is 387 g/mol. The summed E-state index contributed by atoms with van der Waals surface area (Å²) in [5, 5.41) is 3.24. The highest BCUT2D eigenvalue weighted by Gasteiger charge is 2.32. The Bertz CT molecular complexity index is 647. The second kappa shape index (κ2) is 8.93. The van der Waals surface area contributed by atoms with Crippen molar-refractivity contribution >= 4 is 5.96 Å². The van der Waals surface area contributed by atoms with Gasteiger partial charge in [-0.1, -0.05) is 12.1 Å². The van der Waals surface area contributed by atoms with Gasteiger partial charge in [0.05, 0.1) is 30.9 Å². The number of nitrogens with one attached hydrogen (secondary N) is 1. The summed E-state index contributed by atoms with van der Waals surface area (Å²) in [6.45, 7) is 8.50. The maximum atomic E-state index is 13.0. The summed E-state index contributed by atoms with van der Waals surface area (Å²) in [4.78, 5) is 6.65. The van der Waals surface area contributed by atoms with Gasteiger partial charge in [-0.05, 0) is 38.5 Å². The number of guanidine groups is 1. The minimum atomic E-state index is -4.37. The van der Waals surface area contributed by atoms with Gasteiger partial charge < -0.3 is 19.7 Å². The van der Waals surface area contributed by atoms with Gasteiger partial charge >= 0.3 is 6.18 Å². The second-order valence-corrected chi connectivity index (χ2v) is 7.06. The molecule has 0 amide bonds. The first kappa shape index (κ1) is 21.5. The molecule has 0 radical (unpaired) electrons. The molecule has 0 bridgehead atoms. The van der Waals surface area contributed by atoms with Crippen LogP contribution in [0.3, 0.4) is 0 Å². The zero-order chi connectivity index (χ0) is 20.1. The van der Waals surface area contributed by atoms with Gasteiger partial charge in [-0.3, -0.25) is 4.99 Å². The number of morpholine rings is 1. The largest absolute Gasteiger partial charge is 0.416 e. The lowest BCUT2D eigenvalue weighted by molar-refractivity contribution is -0.137. The Hall–Kier alpha value is -1.80. The van der Waals surface area contributed by atoms with E-state index in [0.717, 1.165) is 12.1 Å². The van der Waals surface area contributed by atoms with Crippen molar-refractivity contribution < 1.29 is 22.6 Å². The van der Waals surface area contributed by atoms with E-state index in [1.165, 1.54) is 6.07 Å². The number of benzene rings is 1. The van der Waals surface area contributed by atoms with Crippen LogP contribution in [-0.4, -0.2) is 56.4 Å². The molecule has 1 atom stereocenters. The summed E-state index contributed by atoms with van der Waals surface area (Å²) in [5.74, 6) is 0.711. The van der Waals surface area contributed by atoms with E-state index in [1.54, 1.807) is 13.2 Å². The molecule has 1 aromatic rings. The predicted molar refractivity (Wildman–Crippen MR) is 98.8 cm³/mol. The van der Waals surface area contributed by atoms with E-state index in [4.69, 9.17) is 9.47 Å². The predicted octanol–water partition coefficient (Wildman–Crippen LogP) is 3.47. The molecular weight excluding hydrogens is 359 g/mol. The molecule has 1 heterocycles. The van der Waals surface area contributed by atoms with E-state index in [1.807, 2.05) is 25.7 Å². The zero-order valence-corrected chi connectivity index (χ0v) is 16.3. The first-order valence-electron chi connectivity index (χ1n) is 9.03. The van der Waals surface area contributed by atoms with Crippen molar-refractivity contribution in [1.29, 1.82) is 0 Å². The van der Waals surface area contributed by atoms with E-state index < -0.39 is 23.4 Å². The van der Waals surface area contributed by atoms with E-state index in [9.17, 15) is 13.2 Å². The van der Waals surface area contributed by atoms with Gasteiger partial charge in [-0.2, -0.15) is 13.2 Å². The lowest BCUT2D eigenvalue weighted by Crippen LogP contribution is -2.48. The maximum Gasteiger partial charge on any atom is 0.416 e. The van der Waals surface area contributed by atoms with Gasteiger partial charge in [0.1, 0.15) is 6.10 Å². The molecule has 5 nitrogen and oxygen atoms in total. The molecular formula is C19H28F3N3O2. The number of halogens is 3. The van der Waals surface area contributed by atoms with Crippen LogP contribution in [0.2, 0.25) is 0 Å². The van der Waals surface area contributed by atoms with Crippen LogP contribution in [0.5, 0.6) is 0 Å².